The summed E-state index contributed by atoms with van der Waals surface area (Å²) >= 11 is 0. The standard InChI is InChI=1S/C10H14O5S/c1-15-9-3-2-4-10(5-9)16(13,14)7-8(12)6-11/h2-5,8,11-12H,6-7H2,1H3/t8-/m0/s1. The summed E-state index contributed by atoms with van der Waals surface area (Å²) in [5, 5.41) is 17.7. The molecule has 0 amide bonds. The smallest absolute Gasteiger partial charge is 0.181 e. The van der Waals surface area contributed by atoms with Crippen LogP contribution in [-0.4, -0.2) is 44.2 Å². The SMILES string of the molecule is COc1cccc(S(=O)(=O)C[C@@H](O)CO)c1. The van der Waals surface area contributed by atoms with Gasteiger partial charge in [0.05, 0.1) is 30.5 Å². The van der Waals surface area contributed by atoms with Crippen molar-refractivity contribution in [2.75, 3.05) is 19.5 Å². The fraction of sp³-hybridized carbons (Fsp3) is 0.400. The average molecular weight is 246 g/mol. The molecule has 0 spiro atoms. The zero-order valence-corrected chi connectivity index (χ0v) is 9.64. The van der Waals surface area contributed by atoms with E-state index in [1.165, 1.54) is 19.2 Å². The third-order valence-electron chi connectivity index (χ3n) is 2.02. The second-order valence-electron chi connectivity index (χ2n) is 3.30. The van der Waals surface area contributed by atoms with Crippen LogP contribution in [0.4, 0.5) is 0 Å². The first-order chi connectivity index (χ1) is 7.49. The van der Waals surface area contributed by atoms with Crippen molar-refractivity contribution in [3.05, 3.63) is 24.3 Å². The Hall–Kier alpha value is -1.11. The number of aliphatic hydroxyl groups excluding tert-OH is 2. The summed E-state index contributed by atoms with van der Waals surface area (Å²) in [6, 6.07) is 5.97. The van der Waals surface area contributed by atoms with Gasteiger partial charge in [-0.05, 0) is 18.2 Å². The van der Waals surface area contributed by atoms with Crippen LogP contribution in [0.1, 0.15) is 0 Å². The van der Waals surface area contributed by atoms with Crippen LogP contribution in [0.3, 0.4) is 0 Å². The minimum Gasteiger partial charge on any atom is -0.497 e. The first kappa shape index (κ1) is 13.0. The van der Waals surface area contributed by atoms with Crippen molar-refractivity contribution in [1.82, 2.24) is 0 Å². The normalized spacial score (nSPS) is 13.4. The van der Waals surface area contributed by atoms with Crippen molar-refractivity contribution in [3.63, 3.8) is 0 Å². The predicted molar refractivity (Wildman–Crippen MR) is 58.1 cm³/mol. The number of sulfone groups is 1. The Morgan fingerprint density at radius 3 is 2.69 bits per heavy atom. The Labute approximate surface area is 94.2 Å². The topological polar surface area (TPSA) is 83.8 Å². The Morgan fingerprint density at radius 2 is 2.12 bits per heavy atom. The number of ether oxygens (including phenoxy) is 1. The van der Waals surface area contributed by atoms with Crippen LogP contribution in [0, 0.1) is 0 Å². The molecule has 1 aromatic rings. The van der Waals surface area contributed by atoms with Gasteiger partial charge in [-0.2, -0.15) is 0 Å². The molecule has 0 fully saturated rings. The molecule has 0 aromatic heterocycles. The lowest BCUT2D eigenvalue weighted by Crippen LogP contribution is -2.24. The van der Waals surface area contributed by atoms with Gasteiger partial charge in [0.1, 0.15) is 5.75 Å². The maximum absolute atomic E-state index is 11.7. The van der Waals surface area contributed by atoms with Crippen LogP contribution in [0.5, 0.6) is 5.75 Å². The van der Waals surface area contributed by atoms with E-state index in [1.54, 1.807) is 12.1 Å². The van der Waals surface area contributed by atoms with Gasteiger partial charge >= 0.3 is 0 Å². The third-order valence-corrected chi connectivity index (χ3v) is 3.82. The fourth-order valence-corrected chi connectivity index (χ4v) is 2.58. The van der Waals surface area contributed by atoms with Gasteiger partial charge in [-0.15, -0.1) is 0 Å². The number of hydrogen-bond donors (Lipinski definition) is 2. The maximum Gasteiger partial charge on any atom is 0.181 e. The summed E-state index contributed by atoms with van der Waals surface area (Å²) < 4.78 is 28.4. The summed E-state index contributed by atoms with van der Waals surface area (Å²) in [5.74, 6) is -0.0732. The highest BCUT2D eigenvalue weighted by atomic mass is 32.2. The largest absolute Gasteiger partial charge is 0.497 e. The van der Waals surface area contributed by atoms with Gasteiger partial charge < -0.3 is 14.9 Å². The van der Waals surface area contributed by atoms with E-state index in [2.05, 4.69) is 0 Å². The number of aliphatic hydroxyl groups is 2. The van der Waals surface area contributed by atoms with Gasteiger partial charge in [-0.3, -0.25) is 0 Å². The second kappa shape index (κ2) is 5.29. The van der Waals surface area contributed by atoms with Crippen molar-refractivity contribution < 1.29 is 23.4 Å². The van der Waals surface area contributed by atoms with Crippen molar-refractivity contribution in [3.8, 4) is 5.75 Å². The molecular weight excluding hydrogens is 232 g/mol. The van der Waals surface area contributed by atoms with Crippen LogP contribution in [-0.2, 0) is 9.84 Å². The predicted octanol–water partition coefficient (Wildman–Crippen LogP) is -0.178. The molecule has 1 atom stereocenters. The van der Waals surface area contributed by atoms with E-state index in [0.717, 1.165) is 0 Å². The molecule has 2 N–H and O–H groups in total. The van der Waals surface area contributed by atoms with E-state index in [0.29, 0.717) is 5.75 Å². The molecule has 0 unspecified atom stereocenters. The molecule has 0 bridgehead atoms. The van der Waals surface area contributed by atoms with Crippen molar-refractivity contribution in [2.45, 2.75) is 11.0 Å². The second-order valence-corrected chi connectivity index (χ2v) is 5.33. The molecule has 0 saturated heterocycles. The summed E-state index contributed by atoms with van der Waals surface area (Å²) in [6.45, 7) is -0.580. The van der Waals surface area contributed by atoms with Gasteiger partial charge in [0.25, 0.3) is 0 Å². The van der Waals surface area contributed by atoms with Crippen LogP contribution >= 0.6 is 0 Å². The number of methoxy groups -OCH3 is 1. The summed E-state index contributed by atoms with van der Waals surface area (Å²) in [4.78, 5) is 0.0688. The molecule has 0 aliphatic rings. The molecule has 90 valence electrons. The highest BCUT2D eigenvalue weighted by Gasteiger charge is 2.19. The first-order valence-corrected chi connectivity index (χ1v) is 6.30. The van der Waals surface area contributed by atoms with E-state index in [-0.39, 0.29) is 4.90 Å². The summed E-state index contributed by atoms with van der Waals surface area (Å²) in [6.07, 6.45) is -1.27. The maximum atomic E-state index is 11.7. The Bertz CT molecular complexity index is 440. The number of hydrogen-bond acceptors (Lipinski definition) is 5. The molecular formula is C10H14O5S. The van der Waals surface area contributed by atoms with Crippen LogP contribution in [0.2, 0.25) is 0 Å². The minimum atomic E-state index is -3.59. The lowest BCUT2D eigenvalue weighted by Gasteiger charge is -2.09. The van der Waals surface area contributed by atoms with E-state index >= 15 is 0 Å². The quantitative estimate of drug-likeness (QED) is 0.753. The molecule has 5 nitrogen and oxygen atoms in total. The fourth-order valence-electron chi connectivity index (χ4n) is 1.20. The molecule has 0 aliphatic heterocycles. The summed E-state index contributed by atoms with van der Waals surface area (Å²) in [5.41, 5.74) is 0. The Kier molecular flexibility index (Phi) is 4.28. The van der Waals surface area contributed by atoms with Crippen molar-refractivity contribution in [2.24, 2.45) is 0 Å². The third kappa shape index (κ3) is 3.19. The summed E-state index contributed by atoms with van der Waals surface area (Å²) in [7, 11) is -2.16. The number of rotatable bonds is 5. The van der Waals surface area contributed by atoms with Gasteiger partial charge in [0, 0.05) is 0 Å². The number of benzene rings is 1. The highest BCUT2D eigenvalue weighted by Crippen LogP contribution is 2.18. The Morgan fingerprint density at radius 1 is 1.44 bits per heavy atom. The molecule has 6 heteroatoms. The zero-order valence-electron chi connectivity index (χ0n) is 8.83. The van der Waals surface area contributed by atoms with Crippen molar-refractivity contribution in [1.29, 1.82) is 0 Å². The Balaban J connectivity index is 2.98. The lowest BCUT2D eigenvalue weighted by molar-refractivity contribution is 0.112. The van der Waals surface area contributed by atoms with E-state index in [1.807, 2.05) is 0 Å². The van der Waals surface area contributed by atoms with Crippen molar-refractivity contribution >= 4 is 9.84 Å². The molecule has 1 aromatic carbocycles. The first-order valence-electron chi connectivity index (χ1n) is 4.65. The van der Waals surface area contributed by atoms with Crippen LogP contribution in [0.15, 0.2) is 29.2 Å². The van der Waals surface area contributed by atoms with Gasteiger partial charge in [0.15, 0.2) is 9.84 Å². The van der Waals surface area contributed by atoms with Crippen LogP contribution < -0.4 is 4.74 Å². The average Bonchev–Trinajstić information content (AvgIpc) is 2.28. The molecule has 1 rings (SSSR count). The monoisotopic (exact) mass is 246 g/mol. The van der Waals surface area contributed by atoms with E-state index in [4.69, 9.17) is 14.9 Å². The molecule has 0 saturated carbocycles. The molecule has 0 aliphatic carbocycles. The highest BCUT2D eigenvalue weighted by molar-refractivity contribution is 7.91. The van der Waals surface area contributed by atoms with E-state index < -0.39 is 28.3 Å². The molecule has 0 heterocycles. The van der Waals surface area contributed by atoms with Gasteiger partial charge in [-0.1, -0.05) is 6.07 Å². The minimum absolute atomic E-state index is 0.0688. The lowest BCUT2D eigenvalue weighted by atomic mass is 10.3. The van der Waals surface area contributed by atoms with E-state index in [9.17, 15) is 8.42 Å². The van der Waals surface area contributed by atoms with Gasteiger partial charge in [0.2, 0.25) is 0 Å². The molecule has 16 heavy (non-hydrogen) atoms. The zero-order chi connectivity index (χ0) is 12.2. The molecule has 0 radical (unpaired) electrons. The van der Waals surface area contributed by atoms with Crippen LogP contribution in [0.25, 0.3) is 0 Å². The van der Waals surface area contributed by atoms with Gasteiger partial charge in [-0.25, -0.2) is 8.42 Å².